The first kappa shape index (κ1) is 16.0. The van der Waals surface area contributed by atoms with Crippen molar-refractivity contribution in [3.8, 4) is 5.88 Å². The Morgan fingerprint density at radius 1 is 1.12 bits per heavy atom. The number of hydrogen-bond donors (Lipinski definition) is 2. The summed E-state index contributed by atoms with van der Waals surface area (Å²) in [6.45, 7) is 4.09. The van der Waals surface area contributed by atoms with E-state index in [0.29, 0.717) is 35.6 Å². The van der Waals surface area contributed by atoms with Gasteiger partial charge in [0.25, 0.3) is 5.56 Å². The lowest BCUT2D eigenvalue weighted by molar-refractivity contribution is -0.118. The summed E-state index contributed by atoms with van der Waals surface area (Å²) < 4.78 is 6.18. The molecule has 1 atom stereocenters. The first-order valence-electron chi connectivity index (χ1n) is 8.21. The van der Waals surface area contributed by atoms with Crippen molar-refractivity contribution >= 4 is 18.0 Å². The van der Waals surface area contributed by atoms with E-state index in [-0.39, 0.29) is 21.5 Å². The van der Waals surface area contributed by atoms with E-state index in [0.717, 1.165) is 5.56 Å². The van der Waals surface area contributed by atoms with Crippen LogP contribution >= 0.6 is 12.2 Å². The molecule has 128 valence electrons. The number of nitrogens with one attached hydrogen (secondary N) is 2. The highest BCUT2D eigenvalue weighted by atomic mass is 32.1. The number of hydrogen-bond acceptors (Lipinski definition) is 4. The van der Waals surface area contributed by atoms with Crippen LogP contribution in [0.25, 0.3) is 0 Å². The van der Waals surface area contributed by atoms with Crippen LogP contribution in [0.15, 0.2) is 46.5 Å². The maximum atomic E-state index is 12.9. The van der Waals surface area contributed by atoms with Crippen molar-refractivity contribution in [2.75, 3.05) is 0 Å². The number of rotatable bonds is 1. The normalized spacial score (nSPS) is 21.4. The number of aromatic amines is 2. The number of allylic oxidation sites excluding steroid dienone is 2. The fourth-order valence-corrected chi connectivity index (χ4v) is 3.94. The highest BCUT2D eigenvalue weighted by Crippen LogP contribution is 2.48. The van der Waals surface area contributed by atoms with E-state index in [1.54, 1.807) is 0 Å². The van der Waals surface area contributed by atoms with Gasteiger partial charge in [0.1, 0.15) is 5.76 Å². The minimum Gasteiger partial charge on any atom is -0.444 e. The average molecular weight is 354 g/mol. The maximum Gasteiger partial charge on any atom is 0.259 e. The van der Waals surface area contributed by atoms with Gasteiger partial charge in [-0.2, -0.15) is 0 Å². The molecule has 0 amide bonds. The second-order valence-electron chi connectivity index (χ2n) is 7.37. The summed E-state index contributed by atoms with van der Waals surface area (Å²) in [5.74, 6) is 0.567. The highest BCUT2D eigenvalue weighted by molar-refractivity contribution is 7.71. The largest absolute Gasteiger partial charge is 0.444 e. The Bertz CT molecular complexity index is 1010. The minimum atomic E-state index is -0.445. The number of Topliss-reactive ketones (excluding diaryl/α,β-unsaturated/α-hetero) is 1. The predicted molar refractivity (Wildman–Crippen MR) is 96.2 cm³/mol. The fourth-order valence-electron chi connectivity index (χ4n) is 3.76. The summed E-state index contributed by atoms with van der Waals surface area (Å²) >= 11 is 5.08. The van der Waals surface area contributed by atoms with Gasteiger partial charge in [-0.25, -0.2) is 0 Å². The SMILES string of the molecule is CC1(C)CC(=O)C2=C(C1)Oc1[nH]c(=S)[nH]c(=O)c1C2c1ccccc1. The summed E-state index contributed by atoms with van der Waals surface area (Å²) in [5.41, 5.74) is 1.40. The zero-order valence-electron chi connectivity index (χ0n) is 14.0. The molecule has 1 aromatic heterocycles. The van der Waals surface area contributed by atoms with Crippen LogP contribution in [0, 0.1) is 10.2 Å². The molecule has 2 N–H and O–H groups in total. The van der Waals surface area contributed by atoms with Crippen LogP contribution in [0.4, 0.5) is 0 Å². The van der Waals surface area contributed by atoms with E-state index in [9.17, 15) is 9.59 Å². The van der Waals surface area contributed by atoms with Crippen LogP contribution in [-0.2, 0) is 4.79 Å². The van der Waals surface area contributed by atoms with Crippen LogP contribution < -0.4 is 10.3 Å². The van der Waals surface area contributed by atoms with Gasteiger partial charge in [-0.1, -0.05) is 44.2 Å². The lowest BCUT2D eigenvalue weighted by Crippen LogP contribution is -2.35. The molecule has 1 aliphatic heterocycles. The molecular weight excluding hydrogens is 336 g/mol. The van der Waals surface area contributed by atoms with Crippen molar-refractivity contribution in [3.05, 3.63) is 67.9 Å². The lowest BCUT2D eigenvalue weighted by atomic mass is 9.70. The molecule has 0 fully saturated rings. The fraction of sp³-hybridized carbons (Fsp3) is 0.316. The van der Waals surface area contributed by atoms with Crippen molar-refractivity contribution in [1.29, 1.82) is 0 Å². The molecule has 2 heterocycles. The smallest absolute Gasteiger partial charge is 0.259 e. The Kier molecular flexibility index (Phi) is 3.54. The Hall–Kier alpha value is -2.47. The second-order valence-corrected chi connectivity index (χ2v) is 7.78. The standard InChI is InChI=1S/C19H18N2O3S/c1-19(2)8-11(22)14-12(9-19)24-17-15(16(23)20-18(25)21-17)13(14)10-6-4-3-5-7-10/h3-7,13H,8-9H2,1-2H3,(H2,20,21,23,25). The molecule has 1 aromatic carbocycles. The van der Waals surface area contributed by atoms with Gasteiger partial charge < -0.3 is 9.72 Å². The third kappa shape index (κ3) is 2.66. The topological polar surface area (TPSA) is 75.0 Å². The summed E-state index contributed by atoms with van der Waals surface area (Å²) in [7, 11) is 0. The molecule has 0 radical (unpaired) electrons. The average Bonchev–Trinajstić information content (AvgIpc) is 2.52. The number of carbonyl (C=O) groups excluding carboxylic acids is 1. The maximum absolute atomic E-state index is 12.9. The molecule has 0 saturated heterocycles. The van der Waals surface area contributed by atoms with Crippen LogP contribution in [0.2, 0.25) is 0 Å². The number of ether oxygens (including phenoxy) is 1. The molecule has 2 aromatic rings. The van der Waals surface area contributed by atoms with Crippen molar-refractivity contribution in [1.82, 2.24) is 9.97 Å². The van der Waals surface area contributed by atoms with Crippen LogP contribution in [0.5, 0.6) is 5.88 Å². The van der Waals surface area contributed by atoms with Gasteiger partial charge in [0.15, 0.2) is 10.6 Å². The highest BCUT2D eigenvalue weighted by Gasteiger charge is 2.43. The van der Waals surface area contributed by atoms with E-state index in [1.807, 2.05) is 44.2 Å². The van der Waals surface area contributed by atoms with Crippen LogP contribution in [0.3, 0.4) is 0 Å². The van der Waals surface area contributed by atoms with Crippen molar-refractivity contribution in [2.45, 2.75) is 32.6 Å². The molecular formula is C19H18N2O3S. The summed E-state index contributed by atoms with van der Waals surface area (Å²) in [6.07, 6.45) is 1.08. The van der Waals surface area contributed by atoms with E-state index in [2.05, 4.69) is 9.97 Å². The molecule has 25 heavy (non-hydrogen) atoms. The molecule has 4 rings (SSSR count). The molecule has 2 aliphatic rings. The van der Waals surface area contributed by atoms with Gasteiger partial charge >= 0.3 is 0 Å². The van der Waals surface area contributed by atoms with Crippen molar-refractivity contribution in [3.63, 3.8) is 0 Å². The summed E-state index contributed by atoms with van der Waals surface area (Å²) in [5, 5.41) is 0. The lowest BCUT2D eigenvalue weighted by Gasteiger charge is -2.37. The summed E-state index contributed by atoms with van der Waals surface area (Å²) in [4.78, 5) is 31.1. The van der Waals surface area contributed by atoms with Gasteiger partial charge in [-0.05, 0) is 23.2 Å². The van der Waals surface area contributed by atoms with E-state index in [1.165, 1.54) is 0 Å². The number of carbonyl (C=O) groups is 1. The third-order valence-electron chi connectivity index (χ3n) is 4.76. The molecule has 6 heteroatoms. The van der Waals surface area contributed by atoms with Crippen molar-refractivity contribution < 1.29 is 9.53 Å². The molecule has 5 nitrogen and oxygen atoms in total. The van der Waals surface area contributed by atoms with Gasteiger partial charge in [-0.15, -0.1) is 0 Å². The van der Waals surface area contributed by atoms with E-state index >= 15 is 0 Å². The molecule has 0 bridgehead atoms. The Morgan fingerprint density at radius 2 is 1.84 bits per heavy atom. The number of ketones is 1. The number of fused-ring (bicyclic) bond motifs is 1. The van der Waals surface area contributed by atoms with Crippen LogP contribution in [0.1, 0.15) is 43.7 Å². The summed E-state index contributed by atoms with van der Waals surface area (Å²) in [6, 6.07) is 9.58. The third-order valence-corrected chi connectivity index (χ3v) is 4.96. The number of H-pyrrole nitrogens is 2. The van der Waals surface area contributed by atoms with E-state index < -0.39 is 5.92 Å². The Balaban J connectivity index is 2.01. The van der Waals surface area contributed by atoms with Gasteiger partial charge in [-0.3, -0.25) is 14.6 Å². The number of benzene rings is 1. The van der Waals surface area contributed by atoms with Gasteiger partial charge in [0, 0.05) is 18.4 Å². The Morgan fingerprint density at radius 3 is 2.56 bits per heavy atom. The first-order valence-corrected chi connectivity index (χ1v) is 8.62. The first-order chi connectivity index (χ1) is 11.9. The molecule has 0 saturated carbocycles. The molecule has 1 unspecified atom stereocenters. The predicted octanol–water partition coefficient (Wildman–Crippen LogP) is 3.60. The van der Waals surface area contributed by atoms with Gasteiger partial charge in [0.2, 0.25) is 5.88 Å². The molecule has 1 aliphatic carbocycles. The van der Waals surface area contributed by atoms with E-state index in [4.69, 9.17) is 17.0 Å². The zero-order valence-corrected chi connectivity index (χ0v) is 14.8. The quantitative estimate of drug-likeness (QED) is 0.767. The zero-order chi connectivity index (χ0) is 17.8. The van der Waals surface area contributed by atoms with Crippen LogP contribution in [-0.4, -0.2) is 15.8 Å². The number of aromatic nitrogens is 2. The minimum absolute atomic E-state index is 0.0348. The van der Waals surface area contributed by atoms with Gasteiger partial charge in [0.05, 0.1) is 11.5 Å². The Labute approximate surface area is 149 Å². The second kappa shape index (κ2) is 5.52. The monoisotopic (exact) mass is 354 g/mol. The van der Waals surface area contributed by atoms with Crippen molar-refractivity contribution in [2.24, 2.45) is 5.41 Å². The molecule has 0 spiro atoms.